The predicted octanol–water partition coefficient (Wildman–Crippen LogP) is 7.50. The van der Waals surface area contributed by atoms with E-state index in [0.29, 0.717) is 17.5 Å². The molecule has 0 aliphatic heterocycles. The minimum absolute atomic E-state index is 0.0526. The second-order valence-corrected chi connectivity index (χ2v) is 12.2. The summed E-state index contributed by atoms with van der Waals surface area (Å²) in [5.74, 6) is -1.45. The number of amides is 1. The maximum absolute atomic E-state index is 14.7. The molecule has 1 amide bonds. The van der Waals surface area contributed by atoms with Gasteiger partial charge in [-0.25, -0.2) is 13.9 Å². The van der Waals surface area contributed by atoms with Crippen molar-refractivity contribution in [2.45, 2.75) is 64.0 Å². The highest BCUT2D eigenvalue weighted by atomic mass is 79.9. The van der Waals surface area contributed by atoms with E-state index in [4.69, 9.17) is 4.84 Å². The molecular weight excluding hydrogens is 608 g/mol. The molecular formula is C29H31BrF4N4O3. The standard InChI is InChI=1S/C29H31BrF4N4O3/c1-28(2,3)27(40)41-35-16-18-5-4-6-20(13-18)38-24(15-25(37-38)29(32,33)34)26(39)36-23-14-19(10-12-22(23)31)21(30)11-9-17-7-8-17/h4-6,10,12-15,17,21,35H,7-9,11,16H2,1-3H3,(H,36,39). The van der Waals surface area contributed by atoms with Crippen LogP contribution in [0.1, 0.15) is 78.6 Å². The zero-order valence-electron chi connectivity index (χ0n) is 22.8. The third-order valence-corrected chi connectivity index (χ3v) is 7.55. The molecule has 0 spiro atoms. The lowest BCUT2D eigenvalue weighted by Gasteiger charge is -2.16. The first-order valence-electron chi connectivity index (χ1n) is 13.2. The van der Waals surface area contributed by atoms with E-state index < -0.39 is 40.7 Å². The van der Waals surface area contributed by atoms with Crippen molar-refractivity contribution in [2.24, 2.45) is 11.3 Å². The summed E-state index contributed by atoms with van der Waals surface area (Å²) in [6, 6.07) is 11.1. The molecule has 2 N–H and O–H groups in total. The van der Waals surface area contributed by atoms with Gasteiger partial charge >= 0.3 is 12.1 Å². The van der Waals surface area contributed by atoms with E-state index in [9.17, 15) is 27.2 Å². The van der Waals surface area contributed by atoms with Gasteiger partial charge in [-0.2, -0.15) is 18.3 Å². The maximum atomic E-state index is 14.7. The van der Waals surface area contributed by atoms with E-state index in [1.54, 1.807) is 39.0 Å². The van der Waals surface area contributed by atoms with Crippen LogP contribution in [0, 0.1) is 17.2 Å². The number of hydrogen-bond acceptors (Lipinski definition) is 5. The third-order valence-electron chi connectivity index (χ3n) is 6.57. The topological polar surface area (TPSA) is 85.2 Å². The lowest BCUT2D eigenvalue weighted by atomic mass is 9.98. The first-order valence-corrected chi connectivity index (χ1v) is 14.1. The average Bonchev–Trinajstić information content (AvgIpc) is 3.61. The van der Waals surface area contributed by atoms with Crippen molar-refractivity contribution >= 4 is 33.5 Å². The molecule has 7 nitrogen and oxygen atoms in total. The van der Waals surface area contributed by atoms with E-state index in [1.807, 2.05) is 0 Å². The molecule has 0 saturated heterocycles. The molecule has 4 rings (SSSR count). The highest BCUT2D eigenvalue weighted by molar-refractivity contribution is 9.09. The zero-order valence-corrected chi connectivity index (χ0v) is 24.4. The maximum Gasteiger partial charge on any atom is 0.435 e. The van der Waals surface area contributed by atoms with Gasteiger partial charge in [-0.15, -0.1) is 5.48 Å². The number of nitrogens with zero attached hydrogens (tertiary/aromatic N) is 2. The largest absolute Gasteiger partial charge is 0.435 e. The zero-order chi connectivity index (χ0) is 29.9. The van der Waals surface area contributed by atoms with Crippen molar-refractivity contribution < 1.29 is 32.0 Å². The predicted molar refractivity (Wildman–Crippen MR) is 149 cm³/mol. The number of halogens is 5. The van der Waals surface area contributed by atoms with Crippen molar-refractivity contribution in [3.05, 3.63) is 76.9 Å². The molecule has 41 heavy (non-hydrogen) atoms. The van der Waals surface area contributed by atoms with Crippen molar-refractivity contribution in [2.75, 3.05) is 5.32 Å². The molecule has 1 unspecified atom stereocenters. The van der Waals surface area contributed by atoms with Crippen molar-refractivity contribution in [3.8, 4) is 5.69 Å². The Morgan fingerprint density at radius 2 is 1.85 bits per heavy atom. The Kier molecular flexibility index (Phi) is 9.22. The van der Waals surface area contributed by atoms with Gasteiger partial charge in [0.2, 0.25) is 0 Å². The number of anilines is 1. The lowest BCUT2D eigenvalue weighted by molar-refractivity contribution is -0.161. The number of hydroxylamine groups is 1. The van der Waals surface area contributed by atoms with Crippen LogP contribution in [0.15, 0.2) is 48.5 Å². The van der Waals surface area contributed by atoms with Gasteiger partial charge in [0.1, 0.15) is 11.5 Å². The summed E-state index contributed by atoms with van der Waals surface area (Å²) in [5, 5.41) is 6.05. The first-order chi connectivity index (χ1) is 19.2. The monoisotopic (exact) mass is 638 g/mol. The van der Waals surface area contributed by atoms with Gasteiger partial charge in [-0.3, -0.25) is 4.79 Å². The number of benzene rings is 2. The van der Waals surface area contributed by atoms with Crippen LogP contribution in [0.4, 0.5) is 23.2 Å². The number of carbonyl (C=O) groups is 2. The number of carbonyl (C=O) groups excluding carboxylic acids is 2. The summed E-state index contributed by atoms with van der Waals surface area (Å²) >= 11 is 3.61. The first kappa shape index (κ1) is 30.7. The van der Waals surface area contributed by atoms with Crippen LogP contribution < -0.4 is 10.8 Å². The summed E-state index contributed by atoms with van der Waals surface area (Å²) in [7, 11) is 0. The van der Waals surface area contributed by atoms with E-state index in [0.717, 1.165) is 23.1 Å². The van der Waals surface area contributed by atoms with Crippen molar-refractivity contribution in [3.63, 3.8) is 0 Å². The highest BCUT2D eigenvalue weighted by Crippen LogP contribution is 2.39. The normalized spacial score (nSPS) is 14.5. The molecule has 1 saturated carbocycles. The Morgan fingerprint density at radius 1 is 1.12 bits per heavy atom. The van der Waals surface area contributed by atoms with E-state index in [-0.39, 0.29) is 22.7 Å². The third kappa shape index (κ3) is 8.16. The molecule has 1 heterocycles. The van der Waals surface area contributed by atoms with Crippen LogP contribution >= 0.6 is 15.9 Å². The number of aromatic nitrogens is 2. The van der Waals surface area contributed by atoms with E-state index >= 15 is 0 Å². The molecule has 1 aromatic heterocycles. The Balaban J connectivity index is 1.57. The molecule has 220 valence electrons. The second kappa shape index (κ2) is 12.3. The van der Waals surface area contributed by atoms with Crippen molar-refractivity contribution in [1.82, 2.24) is 15.3 Å². The Morgan fingerprint density at radius 3 is 2.51 bits per heavy atom. The Hall–Kier alpha value is -3.25. The van der Waals surface area contributed by atoms with E-state index in [1.165, 1.54) is 37.1 Å². The van der Waals surface area contributed by atoms with Crippen LogP contribution in [0.25, 0.3) is 5.69 Å². The van der Waals surface area contributed by atoms with E-state index in [2.05, 4.69) is 31.8 Å². The van der Waals surface area contributed by atoms with Gasteiger partial charge in [0, 0.05) is 10.9 Å². The summed E-state index contributed by atoms with van der Waals surface area (Å²) in [4.78, 5) is 30.2. The molecule has 0 radical (unpaired) electrons. The minimum Gasteiger partial charge on any atom is -0.370 e. The fourth-order valence-corrected chi connectivity index (χ4v) is 4.54. The molecule has 1 aliphatic rings. The molecule has 12 heteroatoms. The Bertz CT molecular complexity index is 1410. The molecule has 1 aliphatic carbocycles. The van der Waals surface area contributed by atoms with Crippen LogP contribution in [0.5, 0.6) is 0 Å². The van der Waals surface area contributed by atoms with Gasteiger partial charge in [0.25, 0.3) is 5.91 Å². The summed E-state index contributed by atoms with van der Waals surface area (Å²) < 4.78 is 56.4. The summed E-state index contributed by atoms with van der Waals surface area (Å²) in [6.45, 7) is 5.12. The molecule has 0 bridgehead atoms. The SMILES string of the molecule is CC(C)(C)C(=O)ONCc1cccc(-n2nc(C(F)(F)F)cc2C(=O)Nc2cc(C(Br)CCC3CC3)ccc2F)c1. The minimum atomic E-state index is -4.82. The van der Waals surface area contributed by atoms with Gasteiger partial charge in [0.05, 0.1) is 23.3 Å². The highest BCUT2D eigenvalue weighted by Gasteiger charge is 2.36. The second-order valence-electron chi connectivity index (χ2n) is 11.1. The van der Waals surface area contributed by atoms with Crippen LogP contribution in [-0.2, 0) is 22.4 Å². The van der Waals surface area contributed by atoms with Gasteiger partial charge in [-0.05, 0) is 74.9 Å². The van der Waals surface area contributed by atoms with Crippen LogP contribution in [0.2, 0.25) is 0 Å². The van der Waals surface area contributed by atoms with Gasteiger partial charge in [0.15, 0.2) is 5.69 Å². The smallest absolute Gasteiger partial charge is 0.370 e. The fourth-order valence-electron chi connectivity index (χ4n) is 3.99. The number of alkyl halides is 4. The number of rotatable bonds is 10. The Labute approximate surface area is 243 Å². The lowest BCUT2D eigenvalue weighted by Crippen LogP contribution is -2.29. The van der Waals surface area contributed by atoms with Crippen LogP contribution in [0.3, 0.4) is 0 Å². The average molecular weight is 639 g/mol. The molecule has 1 atom stereocenters. The quantitative estimate of drug-likeness (QED) is 0.136. The molecule has 2 aromatic carbocycles. The number of nitrogens with one attached hydrogen (secondary N) is 2. The number of hydrogen-bond donors (Lipinski definition) is 2. The molecule has 3 aromatic rings. The summed E-state index contributed by atoms with van der Waals surface area (Å²) in [6.07, 6.45) is -0.533. The van der Waals surface area contributed by atoms with Gasteiger partial charge < -0.3 is 10.2 Å². The fraction of sp³-hybridized carbons (Fsp3) is 0.414. The summed E-state index contributed by atoms with van der Waals surface area (Å²) in [5.41, 5.74) is 1.40. The molecule has 1 fully saturated rings. The van der Waals surface area contributed by atoms with Crippen LogP contribution in [-0.4, -0.2) is 21.7 Å². The van der Waals surface area contributed by atoms with Crippen molar-refractivity contribution in [1.29, 1.82) is 0 Å². The van der Waals surface area contributed by atoms with Gasteiger partial charge in [-0.1, -0.05) is 47.0 Å².